The van der Waals surface area contributed by atoms with E-state index in [0.29, 0.717) is 5.92 Å². The summed E-state index contributed by atoms with van der Waals surface area (Å²) in [5.41, 5.74) is 0.960. The molecule has 2 atom stereocenters. The normalized spacial score (nSPS) is 26.6. The molecule has 3 heterocycles. The Morgan fingerprint density at radius 3 is 2.43 bits per heavy atom. The predicted octanol–water partition coefficient (Wildman–Crippen LogP) is 2.78. The molecule has 1 aromatic carbocycles. The maximum Gasteiger partial charge on any atom is 0.328 e. The second kappa shape index (κ2) is 8.85. The maximum absolute atomic E-state index is 12.4. The molecule has 1 N–H and O–H groups in total. The number of piperidine rings is 3. The van der Waals surface area contributed by atoms with Crippen molar-refractivity contribution in [3.05, 3.63) is 48.6 Å². The summed E-state index contributed by atoms with van der Waals surface area (Å²) >= 11 is 0. The van der Waals surface area contributed by atoms with Crippen molar-refractivity contribution in [1.82, 2.24) is 10.2 Å². The minimum absolute atomic E-state index is 0.0737. The summed E-state index contributed by atoms with van der Waals surface area (Å²) in [6.45, 7) is 8.47. The van der Waals surface area contributed by atoms with Crippen molar-refractivity contribution in [2.75, 3.05) is 26.7 Å². The number of fused-ring (bicyclic) bond motifs is 3. The van der Waals surface area contributed by atoms with E-state index in [1.165, 1.54) is 0 Å². The van der Waals surface area contributed by atoms with E-state index in [1.807, 2.05) is 37.3 Å². The van der Waals surface area contributed by atoms with Crippen molar-refractivity contribution >= 4 is 5.97 Å². The lowest BCUT2D eigenvalue weighted by molar-refractivity contribution is -0.161. The fourth-order valence-electron chi connectivity index (χ4n) is 3.33. The van der Waals surface area contributed by atoms with E-state index in [2.05, 4.69) is 16.8 Å². The first-order valence-electron chi connectivity index (χ1n) is 8.41. The van der Waals surface area contributed by atoms with Gasteiger partial charge >= 0.3 is 5.97 Å². The molecular weight excluding hydrogens is 288 g/mol. The van der Waals surface area contributed by atoms with Crippen LogP contribution in [0, 0.1) is 5.92 Å². The number of carbonyl (C=O) groups is 1. The number of rotatable bonds is 4. The van der Waals surface area contributed by atoms with Gasteiger partial charge in [-0.05, 0) is 51.4 Å². The van der Waals surface area contributed by atoms with E-state index in [1.54, 1.807) is 13.1 Å². The summed E-state index contributed by atoms with van der Waals surface area (Å²) in [5, 5.41) is 3.06. The van der Waals surface area contributed by atoms with E-state index < -0.39 is 0 Å². The number of nitrogens with zero attached hydrogens (tertiary/aromatic N) is 1. The fraction of sp³-hybridized carbons (Fsp3) is 0.526. The average molecular weight is 316 g/mol. The molecule has 0 aromatic heterocycles. The van der Waals surface area contributed by atoms with Gasteiger partial charge in [0.15, 0.2) is 0 Å². The van der Waals surface area contributed by atoms with E-state index in [-0.39, 0.29) is 18.1 Å². The minimum atomic E-state index is -0.369. The standard InChI is InChI=1S/C16H22N2O2.C3H6/c1-17-15(13-5-3-2-4-6-13)16(19)20-14-11-18-9-7-12(14)8-10-18;1-3-2/h2-6,12,14-15,17H,7-11H2,1H3;3H,1H2,2H3/t14-,15?;/m1./s1. The van der Waals surface area contributed by atoms with Gasteiger partial charge in [0.1, 0.15) is 12.1 Å². The number of carbonyl (C=O) groups excluding carboxylic acids is 1. The third kappa shape index (κ3) is 4.66. The van der Waals surface area contributed by atoms with Crippen LogP contribution >= 0.6 is 0 Å². The van der Waals surface area contributed by atoms with Crippen LogP contribution in [0.5, 0.6) is 0 Å². The number of allylic oxidation sites excluding steroid dienone is 1. The summed E-state index contributed by atoms with van der Waals surface area (Å²) in [4.78, 5) is 14.8. The lowest BCUT2D eigenvalue weighted by atomic mass is 9.86. The average Bonchev–Trinajstić information content (AvgIpc) is 2.58. The Bertz CT molecular complexity index is 495. The Kier molecular flexibility index (Phi) is 6.81. The van der Waals surface area contributed by atoms with Gasteiger partial charge in [-0.25, -0.2) is 4.79 Å². The highest BCUT2D eigenvalue weighted by Gasteiger charge is 2.37. The molecule has 1 unspecified atom stereocenters. The highest BCUT2D eigenvalue weighted by molar-refractivity contribution is 5.77. The molecule has 4 heteroatoms. The van der Waals surface area contributed by atoms with Crippen LogP contribution in [-0.4, -0.2) is 43.7 Å². The van der Waals surface area contributed by atoms with Crippen molar-refractivity contribution < 1.29 is 9.53 Å². The molecule has 0 saturated carbocycles. The van der Waals surface area contributed by atoms with Gasteiger partial charge in [0.2, 0.25) is 0 Å². The monoisotopic (exact) mass is 316 g/mol. The fourth-order valence-corrected chi connectivity index (χ4v) is 3.33. The summed E-state index contributed by atoms with van der Waals surface area (Å²) in [6.07, 6.45) is 4.14. The van der Waals surface area contributed by atoms with Crippen LogP contribution in [0.25, 0.3) is 0 Å². The first-order chi connectivity index (χ1) is 11.2. The van der Waals surface area contributed by atoms with Gasteiger partial charge in [-0.3, -0.25) is 4.90 Å². The molecule has 126 valence electrons. The molecule has 0 radical (unpaired) electrons. The summed E-state index contributed by atoms with van der Waals surface area (Å²) in [7, 11) is 1.80. The largest absolute Gasteiger partial charge is 0.459 e. The van der Waals surface area contributed by atoms with E-state index >= 15 is 0 Å². The topological polar surface area (TPSA) is 41.6 Å². The molecule has 4 nitrogen and oxygen atoms in total. The highest BCUT2D eigenvalue weighted by atomic mass is 16.5. The second-order valence-corrected chi connectivity index (χ2v) is 6.15. The lowest BCUT2D eigenvalue weighted by Gasteiger charge is -2.44. The van der Waals surface area contributed by atoms with Crippen molar-refractivity contribution in [3.8, 4) is 0 Å². The van der Waals surface area contributed by atoms with Crippen LogP contribution in [0.1, 0.15) is 31.4 Å². The molecule has 3 saturated heterocycles. The predicted molar refractivity (Wildman–Crippen MR) is 93.2 cm³/mol. The van der Waals surface area contributed by atoms with E-state index in [4.69, 9.17) is 4.74 Å². The van der Waals surface area contributed by atoms with Crippen LogP contribution in [-0.2, 0) is 9.53 Å². The molecule has 3 aliphatic heterocycles. The van der Waals surface area contributed by atoms with Gasteiger partial charge in [0, 0.05) is 6.54 Å². The Morgan fingerprint density at radius 1 is 1.35 bits per heavy atom. The van der Waals surface area contributed by atoms with Crippen molar-refractivity contribution in [2.24, 2.45) is 5.92 Å². The molecule has 0 aliphatic carbocycles. The number of ether oxygens (including phenoxy) is 1. The number of nitrogens with one attached hydrogen (secondary N) is 1. The molecule has 0 amide bonds. The van der Waals surface area contributed by atoms with Gasteiger partial charge < -0.3 is 10.1 Å². The molecular formula is C19H28N2O2. The minimum Gasteiger partial charge on any atom is -0.459 e. The van der Waals surface area contributed by atoms with E-state index in [0.717, 1.165) is 38.0 Å². The van der Waals surface area contributed by atoms with Crippen molar-refractivity contribution in [3.63, 3.8) is 0 Å². The van der Waals surface area contributed by atoms with Crippen LogP contribution in [0.3, 0.4) is 0 Å². The third-order valence-electron chi connectivity index (χ3n) is 4.52. The number of likely N-dealkylation sites (N-methyl/N-ethyl adjacent to an activating group) is 1. The molecule has 4 rings (SSSR count). The molecule has 23 heavy (non-hydrogen) atoms. The number of benzene rings is 1. The van der Waals surface area contributed by atoms with E-state index in [9.17, 15) is 4.79 Å². The van der Waals surface area contributed by atoms with Gasteiger partial charge in [-0.1, -0.05) is 36.4 Å². The third-order valence-corrected chi connectivity index (χ3v) is 4.52. The first-order valence-corrected chi connectivity index (χ1v) is 8.41. The van der Waals surface area contributed by atoms with Crippen molar-refractivity contribution in [1.29, 1.82) is 0 Å². The number of hydrogen-bond donors (Lipinski definition) is 1. The van der Waals surface area contributed by atoms with Gasteiger partial charge in [0.25, 0.3) is 0 Å². The van der Waals surface area contributed by atoms with Gasteiger partial charge in [-0.2, -0.15) is 0 Å². The number of hydrogen-bond acceptors (Lipinski definition) is 4. The Balaban J connectivity index is 0.000000595. The van der Waals surface area contributed by atoms with Crippen LogP contribution in [0.15, 0.2) is 43.0 Å². The summed E-state index contributed by atoms with van der Waals surface area (Å²) in [5.74, 6) is 0.398. The molecule has 2 bridgehead atoms. The first kappa shape index (κ1) is 17.7. The zero-order valence-electron chi connectivity index (χ0n) is 14.2. The van der Waals surface area contributed by atoms with Gasteiger partial charge in [0.05, 0.1) is 0 Å². The Hall–Kier alpha value is -1.65. The quantitative estimate of drug-likeness (QED) is 0.685. The Labute approximate surface area is 139 Å². The highest BCUT2D eigenvalue weighted by Crippen LogP contribution is 2.30. The van der Waals surface area contributed by atoms with Crippen LogP contribution in [0.4, 0.5) is 0 Å². The Morgan fingerprint density at radius 2 is 1.96 bits per heavy atom. The zero-order valence-corrected chi connectivity index (χ0v) is 14.2. The van der Waals surface area contributed by atoms with Crippen LogP contribution < -0.4 is 5.32 Å². The molecule has 3 aliphatic rings. The molecule has 3 fully saturated rings. The van der Waals surface area contributed by atoms with Crippen LogP contribution in [0.2, 0.25) is 0 Å². The maximum atomic E-state index is 12.4. The van der Waals surface area contributed by atoms with Gasteiger partial charge in [-0.15, -0.1) is 6.58 Å². The molecule has 0 spiro atoms. The SMILES string of the molecule is C=CC.CNC(C(=O)O[C@@H]1CN2CCC1CC2)c1ccccc1. The lowest BCUT2D eigenvalue weighted by Crippen LogP contribution is -2.52. The van der Waals surface area contributed by atoms with Crippen molar-refractivity contribution in [2.45, 2.75) is 31.9 Å². The second-order valence-electron chi connectivity index (χ2n) is 6.15. The number of esters is 1. The zero-order chi connectivity index (χ0) is 16.7. The smallest absolute Gasteiger partial charge is 0.328 e. The molecule has 1 aromatic rings. The summed E-state index contributed by atoms with van der Waals surface area (Å²) in [6, 6.07) is 9.39. The summed E-state index contributed by atoms with van der Waals surface area (Å²) < 4.78 is 5.79.